The van der Waals surface area contributed by atoms with Gasteiger partial charge in [0, 0.05) is 12.0 Å². The molecule has 0 radical (unpaired) electrons. The summed E-state index contributed by atoms with van der Waals surface area (Å²) in [5.74, 6) is -0.251. The third-order valence-electron chi connectivity index (χ3n) is 3.10. The Balaban J connectivity index is 2.35. The van der Waals surface area contributed by atoms with Crippen LogP contribution in [-0.2, 0) is 14.3 Å². The first-order chi connectivity index (χ1) is 12.8. The lowest BCUT2D eigenvalue weighted by Gasteiger charge is -2.11. The van der Waals surface area contributed by atoms with Gasteiger partial charge < -0.3 is 14.8 Å². The molecule has 9 heteroatoms. The Morgan fingerprint density at radius 1 is 1.07 bits per heavy atom. The second kappa shape index (κ2) is 11.8. The molecule has 1 rings (SSSR count). The number of carbonyl (C=O) groups excluding carboxylic acids is 3. The number of nitrogens with one attached hydrogen (secondary N) is 3. The van der Waals surface area contributed by atoms with E-state index in [1.54, 1.807) is 31.2 Å². The van der Waals surface area contributed by atoms with Gasteiger partial charge in [-0.1, -0.05) is 13.8 Å². The standard InChI is InChI=1S/C18H25N3O5S/c1-4-25-16(23)10-9-15(22)19-18(27)21-20-17(24)13-5-7-14(8-6-13)26-11-12(2)3/h5-8,12H,4,9-11H2,1-3H3,(H,20,24)(H2,19,21,22,27). The van der Waals surface area contributed by atoms with Crippen LogP contribution in [0.1, 0.15) is 44.0 Å². The molecule has 1 aromatic rings. The molecule has 3 N–H and O–H groups in total. The van der Waals surface area contributed by atoms with Crippen LogP contribution in [0, 0.1) is 5.92 Å². The van der Waals surface area contributed by atoms with E-state index < -0.39 is 17.8 Å². The summed E-state index contributed by atoms with van der Waals surface area (Å²) in [4.78, 5) is 34.9. The van der Waals surface area contributed by atoms with Gasteiger partial charge in [0.25, 0.3) is 5.91 Å². The molecule has 0 heterocycles. The van der Waals surface area contributed by atoms with Crippen molar-refractivity contribution in [3.63, 3.8) is 0 Å². The van der Waals surface area contributed by atoms with Crippen LogP contribution in [0.3, 0.4) is 0 Å². The quantitative estimate of drug-likeness (QED) is 0.349. The van der Waals surface area contributed by atoms with Crippen molar-refractivity contribution in [2.24, 2.45) is 5.92 Å². The van der Waals surface area contributed by atoms with Gasteiger partial charge in [-0.15, -0.1) is 0 Å². The minimum Gasteiger partial charge on any atom is -0.493 e. The molecule has 0 bridgehead atoms. The highest BCUT2D eigenvalue weighted by atomic mass is 32.1. The fourth-order valence-corrected chi connectivity index (χ4v) is 1.99. The Labute approximate surface area is 164 Å². The van der Waals surface area contributed by atoms with Crippen molar-refractivity contribution in [1.82, 2.24) is 16.2 Å². The summed E-state index contributed by atoms with van der Waals surface area (Å²) in [6.45, 7) is 6.64. The largest absolute Gasteiger partial charge is 0.493 e. The molecule has 1 aromatic carbocycles. The highest BCUT2D eigenvalue weighted by Crippen LogP contribution is 2.13. The molecule has 0 aromatic heterocycles. The van der Waals surface area contributed by atoms with Crippen molar-refractivity contribution in [2.45, 2.75) is 33.6 Å². The molecule has 0 aliphatic carbocycles. The molecule has 0 aliphatic rings. The Bertz CT molecular complexity index is 661. The van der Waals surface area contributed by atoms with Crippen molar-refractivity contribution >= 4 is 35.1 Å². The van der Waals surface area contributed by atoms with Gasteiger partial charge in [0.05, 0.1) is 19.6 Å². The molecule has 27 heavy (non-hydrogen) atoms. The lowest BCUT2D eigenvalue weighted by Crippen LogP contribution is -2.48. The van der Waals surface area contributed by atoms with Crippen LogP contribution in [0.2, 0.25) is 0 Å². The number of esters is 1. The normalized spacial score (nSPS) is 10.1. The molecule has 0 atom stereocenters. The summed E-state index contributed by atoms with van der Waals surface area (Å²) in [7, 11) is 0. The van der Waals surface area contributed by atoms with Gasteiger partial charge in [-0.25, -0.2) is 0 Å². The summed E-state index contributed by atoms with van der Waals surface area (Å²) in [5, 5.41) is 2.28. The van der Waals surface area contributed by atoms with Crippen LogP contribution in [0.15, 0.2) is 24.3 Å². The molecule has 0 unspecified atom stereocenters. The molecule has 148 valence electrons. The van der Waals surface area contributed by atoms with Gasteiger partial charge >= 0.3 is 5.97 Å². The topological polar surface area (TPSA) is 106 Å². The highest BCUT2D eigenvalue weighted by Gasteiger charge is 2.10. The van der Waals surface area contributed by atoms with E-state index in [1.807, 2.05) is 13.8 Å². The van der Waals surface area contributed by atoms with Gasteiger partial charge in [-0.05, 0) is 49.3 Å². The van der Waals surface area contributed by atoms with E-state index in [4.69, 9.17) is 21.7 Å². The Morgan fingerprint density at radius 2 is 1.74 bits per heavy atom. The van der Waals surface area contributed by atoms with E-state index >= 15 is 0 Å². The zero-order valence-electron chi connectivity index (χ0n) is 15.7. The zero-order chi connectivity index (χ0) is 20.2. The van der Waals surface area contributed by atoms with E-state index in [0.29, 0.717) is 23.8 Å². The minimum atomic E-state index is -0.458. The van der Waals surface area contributed by atoms with Crippen LogP contribution in [0.25, 0.3) is 0 Å². The maximum atomic E-state index is 12.1. The molecule has 8 nitrogen and oxygen atoms in total. The number of ether oxygens (including phenoxy) is 2. The summed E-state index contributed by atoms with van der Waals surface area (Å²) in [6.07, 6.45) is -0.105. The predicted molar refractivity (Wildman–Crippen MR) is 104 cm³/mol. The smallest absolute Gasteiger partial charge is 0.306 e. The molecular weight excluding hydrogens is 370 g/mol. The third-order valence-corrected chi connectivity index (χ3v) is 3.31. The van der Waals surface area contributed by atoms with Crippen LogP contribution in [-0.4, -0.2) is 36.1 Å². The number of carbonyl (C=O) groups is 3. The number of hydrogen-bond acceptors (Lipinski definition) is 6. The summed E-state index contributed by atoms with van der Waals surface area (Å²) < 4.78 is 10.3. The van der Waals surface area contributed by atoms with Crippen molar-refractivity contribution in [1.29, 1.82) is 0 Å². The predicted octanol–water partition coefficient (Wildman–Crippen LogP) is 1.70. The average molecular weight is 395 g/mol. The minimum absolute atomic E-state index is 0.0418. The number of amides is 2. The van der Waals surface area contributed by atoms with Crippen molar-refractivity contribution in [3.8, 4) is 5.75 Å². The van der Waals surface area contributed by atoms with Crippen LogP contribution in [0.5, 0.6) is 5.75 Å². The van der Waals surface area contributed by atoms with Gasteiger partial charge in [-0.3, -0.25) is 25.2 Å². The Morgan fingerprint density at radius 3 is 2.33 bits per heavy atom. The van der Waals surface area contributed by atoms with E-state index in [1.165, 1.54) is 0 Å². The first-order valence-corrected chi connectivity index (χ1v) is 9.01. The van der Waals surface area contributed by atoms with Gasteiger partial charge in [0.1, 0.15) is 5.75 Å². The fourth-order valence-electron chi connectivity index (χ4n) is 1.82. The summed E-state index contributed by atoms with van der Waals surface area (Å²) in [5.41, 5.74) is 5.21. The SMILES string of the molecule is CCOC(=O)CCC(=O)NC(=S)NNC(=O)c1ccc(OCC(C)C)cc1. The van der Waals surface area contributed by atoms with Gasteiger partial charge in [0.2, 0.25) is 5.91 Å². The number of thiocarbonyl (C=S) groups is 1. The van der Waals surface area contributed by atoms with E-state index in [-0.39, 0.29) is 24.6 Å². The van der Waals surface area contributed by atoms with Crippen LogP contribution >= 0.6 is 12.2 Å². The number of rotatable bonds is 8. The maximum Gasteiger partial charge on any atom is 0.306 e. The van der Waals surface area contributed by atoms with Crippen molar-refractivity contribution < 1.29 is 23.9 Å². The first-order valence-electron chi connectivity index (χ1n) is 8.60. The molecular formula is C18H25N3O5S. The first kappa shape index (κ1) is 22.4. The summed E-state index contributed by atoms with van der Waals surface area (Å²) in [6, 6.07) is 6.64. The average Bonchev–Trinajstić information content (AvgIpc) is 2.63. The molecule has 2 amide bonds. The fraction of sp³-hybridized carbons (Fsp3) is 0.444. The monoisotopic (exact) mass is 395 g/mol. The van der Waals surface area contributed by atoms with Crippen LogP contribution < -0.4 is 20.9 Å². The zero-order valence-corrected chi connectivity index (χ0v) is 16.5. The number of hydrazine groups is 1. The molecule has 0 saturated heterocycles. The highest BCUT2D eigenvalue weighted by molar-refractivity contribution is 7.80. The molecule has 0 saturated carbocycles. The Hall–Kier alpha value is -2.68. The Kier molecular flexibility index (Phi) is 9.81. The lowest BCUT2D eigenvalue weighted by atomic mass is 10.2. The van der Waals surface area contributed by atoms with E-state index in [9.17, 15) is 14.4 Å². The van der Waals surface area contributed by atoms with E-state index in [0.717, 1.165) is 0 Å². The van der Waals surface area contributed by atoms with Gasteiger partial charge in [0.15, 0.2) is 5.11 Å². The third kappa shape index (κ3) is 9.55. The van der Waals surface area contributed by atoms with Crippen molar-refractivity contribution in [3.05, 3.63) is 29.8 Å². The second-order valence-electron chi connectivity index (χ2n) is 5.99. The molecule has 0 spiro atoms. The molecule has 0 fully saturated rings. The number of hydrogen-bond donors (Lipinski definition) is 3. The second-order valence-corrected chi connectivity index (χ2v) is 6.40. The maximum absolute atomic E-state index is 12.1. The van der Waals surface area contributed by atoms with Crippen LogP contribution in [0.4, 0.5) is 0 Å². The van der Waals surface area contributed by atoms with Crippen molar-refractivity contribution in [2.75, 3.05) is 13.2 Å². The number of benzene rings is 1. The molecule has 0 aliphatic heterocycles. The van der Waals surface area contributed by atoms with E-state index in [2.05, 4.69) is 16.2 Å². The van der Waals surface area contributed by atoms with Gasteiger partial charge in [-0.2, -0.15) is 0 Å². The summed E-state index contributed by atoms with van der Waals surface area (Å²) >= 11 is 4.92. The lowest BCUT2D eigenvalue weighted by molar-refractivity contribution is -0.144.